The highest BCUT2D eigenvalue weighted by Gasteiger charge is 2.27. The Kier molecular flexibility index (Phi) is 4.03. The van der Waals surface area contributed by atoms with Gasteiger partial charge in [0.05, 0.1) is 15.6 Å². The first-order chi connectivity index (χ1) is 11.0. The van der Waals surface area contributed by atoms with Gasteiger partial charge in [0.1, 0.15) is 6.61 Å². The number of rotatable bonds is 3. The standard InChI is InChI=1S/C15H11ClN2O5/c16-10-7-9(18(20)21)5-6-11(10)17-15(19)14-8-22-12-3-1-2-4-13(12)23-14/h1-7,14H,8H2,(H,17,19). The molecule has 1 amide bonds. The summed E-state index contributed by atoms with van der Waals surface area (Å²) in [5.74, 6) is 0.605. The van der Waals surface area contributed by atoms with E-state index >= 15 is 0 Å². The van der Waals surface area contributed by atoms with Crippen molar-refractivity contribution in [1.82, 2.24) is 0 Å². The molecule has 0 bridgehead atoms. The minimum atomic E-state index is -0.837. The highest BCUT2D eigenvalue weighted by molar-refractivity contribution is 6.34. The number of nitro benzene ring substituents is 1. The summed E-state index contributed by atoms with van der Waals surface area (Å²) in [6, 6.07) is 10.8. The summed E-state index contributed by atoms with van der Waals surface area (Å²) in [6.45, 7) is 0.0629. The highest BCUT2D eigenvalue weighted by Crippen LogP contribution is 2.32. The van der Waals surface area contributed by atoms with Crippen molar-refractivity contribution in [3.8, 4) is 11.5 Å². The van der Waals surface area contributed by atoms with Crippen LogP contribution < -0.4 is 14.8 Å². The Morgan fingerprint density at radius 2 is 2.00 bits per heavy atom. The third-order valence-electron chi connectivity index (χ3n) is 3.22. The molecule has 0 spiro atoms. The van der Waals surface area contributed by atoms with Crippen LogP contribution in [0.1, 0.15) is 0 Å². The molecule has 118 valence electrons. The number of anilines is 1. The fraction of sp³-hybridized carbons (Fsp3) is 0.133. The van der Waals surface area contributed by atoms with Crippen molar-refractivity contribution in [1.29, 1.82) is 0 Å². The number of hydrogen-bond acceptors (Lipinski definition) is 5. The molecule has 1 heterocycles. The summed E-state index contributed by atoms with van der Waals surface area (Å²) in [5, 5.41) is 13.3. The van der Waals surface area contributed by atoms with E-state index in [4.69, 9.17) is 21.1 Å². The monoisotopic (exact) mass is 334 g/mol. The summed E-state index contributed by atoms with van der Waals surface area (Å²) in [5.41, 5.74) is 0.115. The summed E-state index contributed by atoms with van der Waals surface area (Å²) >= 11 is 5.95. The van der Waals surface area contributed by atoms with Crippen LogP contribution in [0, 0.1) is 10.1 Å². The van der Waals surface area contributed by atoms with E-state index in [0.717, 1.165) is 0 Å². The fourth-order valence-electron chi connectivity index (χ4n) is 2.08. The Labute approximate surface area is 135 Å². The second kappa shape index (κ2) is 6.13. The Bertz CT molecular complexity index is 780. The van der Waals surface area contributed by atoms with Crippen LogP contribution in [0.25, 0.3) is 0 Å². The number of hydrogen-bond donors (Lipinski definition) is 1. The maximum Gasteiger partial charge on any atom is 0.271 e. The molecule has 0 fully saturated rings. The van der Waals surface area contributed by atoms with Gasteiger partial charge in [0, 0.05) is 12.1 Å². The lowest BCUT2D eigenvalue weighted by Crippen LogP contribution is -2.40. The first kappa shape index (κ1) is 15.1. The maximum absolute atomic E-state index is 12.2. The third-order valence-corrected chi connectivity index (χ3v) is 3.54. The third kappa shape index (κ3) is 3.19. The quantitative estimate of drug-likeness (QED) is 0.688. The number of carbonyl (C=O) groups excluding carboxylic acids is 1. The van der Waals surface area contributed by atoms with E-state index in [2.05, 4.69) is 5.32 Å². The first-order valence-corrected chi connectivity index (χ1v) is 7.05. The molecule has 1 aliphatic heterocycles. The van der Waals surface area contributed by atoms with Crippen LogP contribution in [0.2, 0.25) is 5.02 Å². The normalized spacial score (nSPS) is 15.8. The Morgan fingerprint density at radius 1 is 1.26 bits per heavy atom. The molecule has 1 atom stereocenters. The Hall–Kier alpha value is -2.80. The number of nitrogens with one attached hydrogen (secondary N) is 1. The van der Waals surface area contributed by atoms with Gasteiger partial charge in [0.15, 0.2) is 11.5 Å². The van der Waals surface area contributed by atoms with Gasteiger partial charge in [-0.3, -0.25) is 14.9 Å². The van der Waals surface area contributed by atoms with Crippen LogP contribution in [-0.4, -0.2) is 23.5 Å². The van der Waals surface area contributed by atoms with Gasteiger partial charge >= 0.3 is 0 Å². The van der Waals surface area contributed by atoms with Crippen LogP contribution in [0.4, 0.5) is 11.4 Å². The van der Waals surface area contributed by atoms with Gasteiger partial charge in [-0.25, -0.2) is 0 Å². The minimum absolute atomic E-state index is 0.0629. The van der Waals surface area contributed by atoms with E-state index in [0.29, 0.717) is 11.5 Å². The number of para-hydroxylation sites is 2. The SMILES string of the molecule is O=C(Nc1ccc([N+](=O)[O-])cc1Cl)C1COc2ccccc2O1. The van der Waals surface area contributed by atoms with Crippen LogP contribution in [-0.2, 0) is 4.79 Å². The fourth-order valence-corrected chi connectivity index (χ4v) is 2.30. The number of ether oxygens (including phenoxy) is 2. The number of fused-ring (bicyclic) bond motifs is 1. The Balaban J connectivity index is 1.72. The number of halogens is 1. The van der Waals surface area contributed by atoms with Crippen molar-refractivity contribution in [3.63, 3.8) is 0 Å². The van der Waals surface area contributed by atoms with Crippen LogP contribution in [0.3, 0.4) is 0 Å². The smallest absolute Gasteiger partial charge is 0.271 e. The van der Waals surface area contributed by atoms with E-state index in [1.807, 2.05) is 0 Å². The van der Waals surface area contributed by atoms with Crippen LogP contribution in [0.15, 0.2) is 42.5 Å². The van der Waals surface area contributed by atoms with Crippen molar-refractivity contribution in [2.24, 2.45) is 0 Å². The van der Waals surface area contributed by atoms with Gasteiger partial charge in [-0.1, -0.05) is 23.7 Å². The molecular formula is C15H11ClN2O5. The zero-order chi connectivity index (χ0) is 16.4. The van der Waals surface area contributed by atoms with Crippen molar-refractivity contribution < 1.29 is 19.2 Å². The highest BCUT2D eigenvalue weighted by atomic mass is 35.5. The van der Waals surface area contributed by atoms with Crippen molar-refractivity contribution in [2.75, 3.05) is 11.9 Å². The van der Waals surface area contributed by atoms with Crippen molar-refractivity contribution >= 4 is 28.9 Å². The predicted octanol–water partition coefficient (Wildman–Crippen LogP) is 3.03. The summed E-state index contributed by atoms with van der Waals surface area (Å²) in [6.07, 6.45) is -0.837. The van der Waals surface area contributed by atoms with Gasteiger partial charge in [-0.15, -0.1) is 0 Å². The van der Waals surface area contributed by atoms with E-state index in [1.54, 1.807) is 24.3 Å². The summed E-state index contributed by atoms with van der Waals surface area (Å²) in [4.78, 5) is 22.4. The number of nitrogens with zero attached hydrogens (tertiary/aromatic N) is 1. The lowest BCUT2D eigenvalue weighted by molar-refractivity contribution is -0.384. The van der Waals surface area contributed by atoms with Crippen molar-refractivity contribution in [2.45, 2.75) is 6.10 Å². The van der Waals surface area contributed by atoms with Gasteiger partial charge in [0.25, 0.3) is 11.6 Å². The summed E-state index contributed by atoms with van der Waals surface area (Å²) < 4.78 is 11.0. The molecule has 8 heteroatoms. The average molecular weight is 335 g/mol. The molecule has 0 radical (unpaired) electrons. The predicted molar refractivity (Wildman–Crippen MR) is 83.1 cm³/mol. The summed E-state index contributed by atoms with van der Waals surface area (Å²) in [7, 11) is 0. The molecule has 1 N–H and O–H groups in total. The zero-order valence-electron chi connectivity index (χ0n) is 11.7. The number of amides is 1. The average Bonchev–Trinajstić information content (AvgIpc) is 2.56. The molecule has 23 heavy (non-hydrogen) atoms. The largest absolute Gasteiger partial charge is 0.485 e. The second-order valence-corrected chi connectivity index (χ2v) is 5.18. The number of carbonyl (C=O) groups is 1. The topological polar surface area (TPSA) is 90.7 Å². The molecule has 0 saturated carbocycles. The van der Waals surface area contributed by atoms with Crippen LogP contribution >= 0.6 is 11.6 Å². The zero-order valence-corrected chi connectivity index (χ0v) is 12.4. The maximum atomic E-state index is 12.2. The van der Waals surface area contributed by atoms with Gasteiger partial charge in [-0.05, 0) is 18.2 Å². The van der Waals surface area contributed by atoms with Crippen LogP contribution in [0.5, 0.6) is 11.5 Å². The molecule has 2 aromatic carbocycles. The van der Waals surface area contributed by atoms with Crippen molar-refractivity contribution in [3.05, 3.63) is 57.6 Å². The van der Waals surface area contributed by atoms with Gasteiger partial charge in [-0.2, -0.15) is 0 Å². The molecule has 3 rings (SSSR count). The number of benzene rings is 2. The number of nitro groups is 1. The van der Waals surface area contributed by atoms with Gasteiger partial charge in [0.2, 0.25) is 6.10 Å². The molecular weight excluding hydrogens is 324 g/mol. The minimum Gasteiger partial charge on any atom is -0.485 e. The van der Waals surface area contributed by atoms with E-state index in [9.17, 15) is 14.9 Å². The molecule has 7 nitrogen and oxygen atoms in total. The molecule has 0 aliphatic carbocycles. The Morgan fingerprint density at radius 3 is 2.70 bits per heavy atom. The molecule has 0 aromatic heterocycles. The molecule has 1 aliphatic rings. The molecule has 2 aromatic rings. The molecule has 1 unspecified atom stereocenters. The lowest BCUT2D eigenvalue weighted by atomic mass is 10.2. The second-order valence-electron chi connectivity index (χ2n) is 4.77. The van der Waals surface area contributed by atoms with Gasteiger partial charge < -0.3 is 14.8 Å². The van der Waals surface area contributed by atoms with E-state index < -0.39 is 16.9 Å². The first-order valence-electron chi connectivity index (χ1n) is 6.68. The van der Waals surface area contributed by atoms with E-state index in [-0.39, 0.29) is 23.0 Å². The van der Waals surface area contributed by atoms with E-state index in [1.165, 1.54) is 18.2 Å². The molecule has 0 saturated heterocycles. The lowest BCUT2D eigenvalue weighted by Gasteiger charge is -2.25. The number of non-ortho nitro benzene ring substituents is 1.